The minimum absolute atomic E-state index is 0.0169. The SMILES string of the molecule is CCCO[C@H]1COC[C@H]([NH3+])C(=O)O[C@@H](C)[C@@H]1CCC(C)C. The van der Waals surface area contributed by atoms with Crippen LogP contribution in [0.5, 0.6) is 0 Å². The van der Waals surface area contributed by atoms with Crippen LogP contribution < -0.4 is 5.73 Å². The lowest BCUT2D eigenvalue weighted by Gasteiger charge is -2.31. The zero-order valence-corrected chi connectivity index (χ0v) is 14.0. The standard InChI is InChI=1S/C16H31NO4/c1-5-8-20-15-10-19-9-14(17)16(18)21-12(4)13(15)7-6-11(2)3/h11-15H,5-10,17H2,1-4H3/p+1/t12-,13-,14-,15-/m0/s1. The Labute approximate surface area is 128 Å². The molecule has 0 aromatic carbocycles. The summed E-state index contributed by atoms with van der Waals surface area (Å²) in [5, 5.41) is 0. The van der Waals surface area contributed by atoms with Crippen LogP contribution in [0.1, 0.15) is 47.0 Å². The predicted molar refractivity (Wildman–Crippen MR) is 80.6 cm³/mol. The number of rotatable bonds is 6. The molecule has 5 heteroatoms. The first-order valence-corrected chi connectivity index (χ1v) is 8.18. The highest BCUT2D eigenvalue weighted by Crippen LogP contribution is 2.25. The average molecular weight is 302 g/mol. The second-order valence-electron chi connectivity index (χ2n) is 6.42. The van der Waals surface area contributed by atoms with E-state index >= 15 is 0 Å². The second-order valence-corrected chi connectivity index (χ2v) is 6.42. The lowest BCUT2D eigenvalue weighted by Crippen LogP contribution is -2.67. The molecular formula is C16H32NO4+. The lowest BCUT2D eigenvalue weighted by atomic mass is 9.89. The van der Waals surface area contributed by atoms with Gasteiger partial charge in [-0.25, -0.2) is 4.79 Å². The molecule has 0 bridgehead atoms. The normalized spacial score (nSPS) is 31.4. The molecule has 1 aliphatic rings. The molecule has 1 heterocycles. The van der Waals surface area contributed by atoms with E-state index in [4.69, 9.17) is 14.2 Å². The third kappa shape index (κ3) is 6.32. The summed E-state index contributed by atoms with van der Waals surface area (Å²) in [7, 11) is 0. The molecule has 0 aromatic rings. The summed E-state index contributed by atoms with van der Waals surface area (Å²) < 4.78 is 17.2. The van der Waals surface area contributed by atoms with Crippen molar-refractivity contribution in [2.24, 2.45) is 11.8 Å². The van der Waals surface area contributed by atoms with Crippen molar-refractivity contribution >= 4 is 5.97 Å². The molecule has 3 N–H and O–H groups in total. The summed E-state index contributed by atoms with van der Waals surface area (Å²) >= 11 is 0. The molecule has 0 radical (unpaired) electrons. The summed E-state index contributed by atoms with van der Waals surface area (Å²) in [6.07, 6.45) is 2.86. The smallest absolute Gasteiger partial charge is 0.367 e. The first-order chi connectivity index (χ1) is 9.95. The molecular weight excluding hydrogens is 270 g/mol. The Bertz CT molecular complexity index is 309. The van der Waals surface area contributed by atoms with E-state index in [1.165, 1.54) is 0 Å². The molecule has 1 saturated heterocycles. The molecule has 0 saturated carbocycles. The Morgan fingerprint density at radius 1 is 1.38 bits per heavy atom. The van der Waals surface area contributed by atoms with E-state index in [0.717, 1.165) is 19.3 Å². The van der Waals surface area contributed by atoms with Crippen LogP contribution >= 0.6 is 0 Å². The molecule has 21 heavy (non-hydrogen) atoms. The predicted octanol–water partition coefficient (Wildman–Crippen LogP) is 1.41. The first-order valence-electron chi connectivity index (χ1n) is 8.18. The number of quaternary nitrogens is 1. The van der Waals surface area contributed by atoms with Crippen LogP contribution in [-0.2, 0) is 19.0 Å². The Morgan fingerprint density at radius 2 is 2.10 bits per heavy atom. The minimum atomic E-state index is -0.455. The van der Waals surface area contributed by atoms with Gasteiger partial charge in [-0.3, -0.25) is 0 Å². The molecule has 1 fully saturated rings. The number of cyclic esters (lactones) is 1. The second kappa shape index (κ2) is 9.38. The maximum atomic E-state index is 11.9. The molecule has 0 amide bonds. The van der Waals surface area contributed by atoms with Crippen LogP contribution in [0.3, 0.4) is 0 Å². The summed E-state index contributed by atoms with van der Waals surface area (Å²) in [4.78, 5) is 11.9. The van der Waals surface area contributed by atoms with Gasteiger partial charge in [0, 0.05) is 12.5 Å². The van der Waals surface area contributed by atoms with Crippen molar-refractivity contribution in [2.75, 3.05) is 19.8 Å². The largest absolute Gasteiger partial charge is 0.458 e. The highest BCUT2D eigenvalue weighted by Gasteiger charge is 2.34. The zero-order valence-electron chi connectivity index (χ0n) is 14.0. The third-order valence-corrected chi connectivity index (χ3v) is 3.93. The summed E-state index contributed by atoms with van der Waals surface area (Å²) in [5.41, 5.74) is 3.80. The number of carbonyl (C=O) groups is 1. The van der Waals surface area contributed by atoms with Crippen LogP contribution in [-0.4, -0.2) is 44.0 Å². The van der Waals surface area contributed by atoms with Gasteiger partial charge in [0.2, 0.25) is 6.04 Å². The molecule has 1 rings (SSSR count). The van der Waals surface area contributed by atoms with Crippen LogP contribution in [0.4, 0.5) is 0 Å². The van der Waals surface area contributed by atoms with Gasteiger partial charge >= 0.3 is 5.97 Å². The fourth-order valence-electron chi connectivity index (χ4n) is 2.57. The van der Waals surface area contributed by atoms with Crippen molar-refractivity contribution in [3.05, 3.63) is 0 Å². The minimum Gasteiger partial charge on any atom is -0.458 e. The van der Waals surface area contributed by atoms with E-state index in [2.05, 4.69) is 26.5 Å². The van der Waals surface area contributed by atoms with E-state index < -0.39 is 6.04 Å². The number of ether oxygens (including phenoxy) is 3. The van der Waals surface area contributed by atoms with Crippen molar-refractivity contribution in [3.8, 4) is 0 Å². The number of esters is 1. The van der Waals surface area contributed by atoms with Crippen molar-refractivity contribution in [1.29, 1.82) is 0 Å². The van der Waals surface area contributed by atoms with Crippen molar-refractivity contribution in [1.82, 2.24) is 0 Å². The third-order valence-electron chi connectivity index (χ3n) is 3.93. The monoisotopic (exact) mass is 302 g/mol. The molecule has 5 nitrogen and oxygen atoms in total. The van der Waals surface area contributed by atoms with Gasteiger partial charge in [0.1, 0.15) is 12.7 Å². The zero-order chi connectivity index (χ0) is 15.8. The van der Waals surface area contributed by atoms with E-state index in [9.17, 15) is 4.79 Å². The Morgan fingerprint density at radius 3 is 2.71 bits per heavy atom. The Hall–Kier alpha value is -0.650. The van der Waals surface area contributed by atoms with Gasteiger partial charge in [-0.2, -0.15) is 0 Å². The van der Waals surface area contributed by atoms with Gasteiger partial charge in [0.25, 0.3) is 0 Å². The lowest BCUT2D eigenvalue weighted by molar-refractivity contribution is -0.415. The fraction of sp³-hybridized carbons (Fsp3) is 0.938. The molecule has 0 aromatic heterocycles. The molecule has 124 valence electrons. The maximum Gasteiger partial charge on any atom is 0.367 e. The summed E-state index contributed by atoms with van der Waals surface area (Å²) in [6.45, 7) is 9.98. The van der Waals surface area contributed by atoms with Crippen molar-refractivity contribution in [2.45, 2.75) is 65.2 Å². The quantitative estimate of drug-likeness (QED) is 0.753. The molecule has 1 aliphatic heterocycles. The summed E-state index contributed by atoms with van der Waals surface area (Å²) in [6, 6.07) is -0.455. The fourth-order valence-corrected chi connectivity index (χ4v) is 2.57. The molecule has 0 unspecified atom stereocenters. The van der Waals surface area contributed by atoms with Crippen LogP contribution in [0.15, 0.2) is 0 Å². The van der Waals surface area contributed by atoms with Crippen molar-refractivity contribution < 1.29 is 24.7 Å². The van der Waals surface area contributed by atoms with Gasteiger partial charge in [-0.1, -0.05) is 27.2 Å². The number of hydrogen-bond acceptors (Lipinski definition) is 4. The summed E-state index contributed by atoms with van der Waals surface area (Å²) in [5.74, 6) is 0.523. The Kier molecular flexibility index (Phi) is 8.22. The topological polar surface area (TPSA) is 72.4 Å². The van der Waals surface area contributed by atoms with Crippen LogP contribution in [0.2, 0.25) is 0 Å². The Balaban J connectivity index is 2.79. The highest BCUT2D eigenvalue weighted by molar-refractivity contribution is 5.74. The first kappa shape index (κ1) is 18.4. The van der Waals surface area contributed by atoms with Gasteiger partial charge in [-0.05, 0) is 25.7 Å². The van der Waals surface area contributed by atoms with E-state index in [1.54, 1.807) is 0 Å². The van der Waals surface area contributed by atoms with Gasteiger partial charge in [-0.15, -0.1) is 0 Å². The van der Waals surface area contributed by atoms with Gasteiger partial charge in [0.15, 0.2) is 0 Å². The number of hydrogen-bond donors (Lipinski definition) is 1. The average Bonchev–Trinajstić information content (AvgIpc) is 2.46. The van der Waals surface area contributed by atoms with E-state index in [-0.39, 0.29) is 24.1 Å². The van der Waals surface area contributed by atoms with Crippen LogP contribution in [0, 0.1) is 11.8 Å². The van der Waals surface area contributed by atoms with E-state index in [0.29, 0.717) is 25.7 Å². The highest BCUT2D eigenvalue weighted by atomic mass is 16.6. The van der Waals surface area contributed by atoms with Gasteiger partial charge in [0.05, 0.1) is 12.7 Å². The van der Waals surface area contributed by atoms with Gasteiger partial charge < -0.3 is 19.9 Å². The van der Waals surface area contributed by atoms with E-state index in [1.807, 2.05) is 6.92 Å². The molecule has 4 atom stereocenters. The number of carbonyl (C=O) groups excluding carboxylic acids is 1. The maximum absolute atomic E-state index is 11.9. The molecule has 0 spiro atoms. The molecule has 0 aliphatic carbocycles. The van der Waals surface area contributed by atoms with Crippen LogP contribution in [0.25, 0.3) is 0 Å². The van der Waals surface area contributed by atoms with Crippen molar-refractivity contribution in [3.63, 3.8) is 0 Å².